The average Bonchev–Trinajstić information content (AvgIpc) is 2.62. The topological polar surface area (TPSA) is 46.1 Å². The fourth-order valence-electron chi connectivity index (χ4n) is 2.58. The van der Waals surface area contributed by atoms with Crippen molar-refractivity contribution in [1.82, 2.24) is 4.57 Å². The molecule has 24 heavy (non-hydrogen) atoms. The van der Waals surface area contributed by atoms with Crippen molar-refractivity contribution in [1.29, 1.82) is 0 Å². The van der Waals surface area contributed by atoms with Gasteiger partial charge in [-0.15, -0.1) is 0 Å². The Morgan fingerprint density at radius 1 is 1.04 bits per heavy atom. The van der Waals surface area contributed by atoms with E-state index in [0.29, 0.717) is 10.7 Å². The van der Waals surface area contributed by atoms with Crippen LogP contribution in [-0.4, -0.2) is 15.4 Å². The van der Waals surface area contributed by atoms with E-state index in [0.717, 1.165) is 17.1 Å². The van der Waals surface area contributed by atoms with Crippen LogP contribution < -0.4 is 10.1 Å². The molecule has 5 heteroatoms. The lowest BCUT2D eigenvalue weighted by Crippen LogP contribution is -2.42. The van der Waals surface area contributed by atoms with E-state index in [1.54, 1.807) is 16.1 Å². The zero-order chi connectivity index (χ0) is 17.1. The van der Waals surface area contributed by atoms with Crippen LogP contribution in [0.5, 0.6) is 5.88 Å². The molecule has 122 valence electrons. The third-order valence-corrected chi connectivity index (χ3v) is 4.67. The van der Waals surface area contributed by atoms with Crippen LogP contribution in [0.4, 0.5) is 0 Å². The van der Waals surface area contributed by atoms with E-state index < -0.39 is 0 Å². The fraction of sp³-hybridized carbons (Fsp3) is 0.158. The highest BCUT2D eigenvalue weighted by molar-refractivity contribution is 7.99. The van der Waals surface area contributed by atoms with Crippen molar-refractivity contribution >= 4 is 11.8 Å². The molecule has 3 aromatic rings. The number of hydrogen-bond acceptors (Lipinski definition) is 3. The van der Waals surface area contributed by atoms with E-state index in [9.17, 15) is 9.90 Å². The number of hydrogen-bond donors (Lipinski definition) is 1. The fourth-order valence-corrected chi connectivity index (χ4v) is 3.48. The molecule has 0 saturated carbocycles. The molecule has 0 saturated heterocycles. The average molecular weight is 339 g/mol. The van der Waals surface area contributed by atoms with Crippen molar-refractivity contribution in [2.45, 2.75) is 19.0 Å². The minimum absolute atomic E-state index is 0.0191. The first-order chi connectivity index (χ1) is 11.6. The summed E-state index contributed by atoms with van der Waals surface area (Å²) in [6.07, 6.45) is 0. The Morgan fingerprint density at radius 3 is 2.21 bits per heavy atom. The highest BCUT2D eigenvalue weighted by Crippen LogP contribution is 2.22. The largest absolute Gasteiger partial charge is 0.477 e. The van der Waals surface area contributed by atoms with E-state index in [1.807, 2.05) is 67.6 Å². The highest BCUT2D eigenvalue weighted by Gasteiger charge is 2.28. The van der Waals surface area contributed by atoms with E-state index in [4.69, 9.17) is 0 Å². The van der Waals surface area contributed by atoms with Crippen LogP contribution in [0.15, 0.2) is 70.6 Å². The number of aromatic nitrogens is 2. The van der Waals surface area contributed by atoms with Crippen LogP contribution in [0.2, 0.25) is 0 Å². The predicted octanol–water partition coefficient (Wildman–Crippen LogP) is 3.24. The van der Waals surface area contributed by atoms with Gasteiger partial charge in [-0.25, -0.2) is 4.79 Å². The Labute approximate surface area is 145 Å². The van der Waals surface area contributed by atoms with Crippen LogP contribution >= 0.6 is 11.8 Å². The SMILES string of the molecule is CCSc1n(-c2ccccc2)c(=O)c(C)c(O)[n+]1-c1ccccc1. The lowest BCUT2D eigenvalue weighted by Gasteiger charge is -2.13. The quantitative estimate of drug-likeness (QED) is 0.451. The van der Waals surface area contributed by atoms with Crippen LogP contribution in [0.1, 0.15) is 12.5 Å². The molecule has 0 aliphatic heterocycles. The monoisotopic (exact) mass is 339 g/mol. The first kappa shape index (κ1) is 16.3. The van der Waals surface area contributed by atoms with Crippen molar-refractivity contribution in [3.63, 3.8) is 0 Å². The van der Waals surface area contributed by atoms with Gasteiger partial charge in [0.2, 0.25) is 0 Å². The smallest absolute Gasteiger partial charge is 0.350 e. The standard InChI is InChI=1S/C19H18N2O2S/c1-3-24-19-20(15-10-6-4-7-11-15)17(22)14(2)18(23)21(19)16-12-8-5-9-13-16/h4-13H,3H2,1-2H3/p+1. The van der Waals surface area contributed by atoms with Crippen molar-refractivity contribution in [3.05, 3.63) is 76.6 Å². The van der Waals surface area contributed by atoms with Gasteiger partial charge in [0, 0.05) is 5.75 Å². The molecule has 0 atom stereocenters. The second kappa shape index (κ2) is 6.93. The number of rotatable bonds is 4. The maximum atomic E-state index is 12.8. The number of nitrogens with zero attached hydrogens (tertiary/aromatic N) is 2. The number of thioether (sulfide) groups is 1. The van der Waals surface area contributed by atoms with Gasteiger partial charge in [0.25, 0.3) is 5.88 Å². The summed E-state index contributed by atoms with van der Waals surface area (Å²) in [5.74, 6) is 0.760. The normalized spacial score (nSPS) is 10.8. The second-order valence-corrected chi connectivity index (χ2v) is 6.54. The number of benzene rings is 2. The van der Waals surface area contributed by atoms with Gasteiger partial charge in [-0.3, -0.25) is 0 Å². The Bertz CT molecular complexity index is 906. The maximum Gasteiger partial charge on any atom is 0.350 e. The van der Waals surface area contributed by atoms with Crippen LogP contribution in [-0.2, 0) is 0 Å². The van der Waals surface area contributed by atoms with Gasteiger partial charge in [0.1, 0.15) is 16.9 Å². The maximum absolute atomic E-state index is 12.8. The molecule has 0 amide bonds. The second-order valence-electron chi connectivity index (χ2n) is 5.31. The lowest BCUT2D eigenvalue weighted by molar-refractivity contribution is -0.650. The zero-order valence-electron chi connectivity index (χ0n) is 13.6. The Morgan fingerprint density at radius 2 is 1.62 bits per heavy atom. The Balaban J connectivity index is 2.42. The molecule has 0 aliphatic rings. The first-order valence-corrected chi connectivity index (χ1v) is 8.78. The molecule has 0 radical (unpaired) electrons. The van der Waals surface area contributed by atoms with Gasteiger partial charge in [0.05, 0.1) is 0 Å². The van der Waals surface area contributed by atoms with Gasteiger partial charge in [-0.2, -0.15) is 9.13 Å². The summed E-state index contributed by atoms with van der Waals surface area (Å²) in [5.41, 5.74) is 1.72. The van der Waals surface area contributed by atoms with Gasteiger partial charge in [0.15, 0.2) is 0 Å². The van der Waals surface area contributed by atoms with E-state index >= 15 is 0 Å². The molecule has 0 fully saturated rings. The van der Waals surface area contributed by atoms with Crippen LogP contribution in [0, 0.1) is 6.92 Å². The first-order valence-electron chi connectivity index (χ1n) is 7.79. The molecular weight excluding hydrogens is 320 g/mol. The molecule has 1 N–H and O–H groups in total. The van der Waals surface area contributed by atoms with Gasteiger partial charge >= 0.3 is 10.7 Å². The Hall–Kier alpha value is -2.53. The molecule has 0 bridgehead atoms. The summed E-state index contributed by atoms with van der Waals surface area (Å²) in [6, 6.07) is 19.1. The van der Waals surface area contributed by atoms with Gasteiger partial charge in [-0.1, -0.05) is 43.3 Å². The molecule has 1 aromatic heterocycles. The number of para-hydroxylation sites is 2. The van der Waals surface area contributed by atoms with Crippen LogP contribution in [0.3, 0.4) is 0 Å². The molecule has 1 heterocycles. The highest BCUT2D eigenvalue weighted by atomic mass is 32.2. The van der Waals surface area contributed by atoms with Crippen molar-refractivity contribution in [3.8, 4) is 17.3 Å². The van der Waals surface area contributed by atoms with Crippen LogP contribution in [0.25, 0.3) is 11.4 Å². The van der Waals surface area contributed by atoms with Crippen molar-refractivity contribution in [2.24, 2.45) is 0 Å². The molecule has 0 unspecified atom stereocenters. The minimum Gasteiger partial charge on any atom is -0.477 e. The molecular formula is C19H19N2O2S+. The Kier molecular flexibility index (Phi) is 4.71. The zero-order valence-corrected chi connectivity index (χ0v) is 14.5. The number of aromatic hydroxyl groups is 1. The van der Waals surface area contributed by atoms with Gasteiger partial charge < -0.3 is 5.11 Å². The molecule has 0 aliphatic carbocycles. The van der Waals surface area contributed by atoms with E-state index in [1.165, 1.54) is 11.8 Å². The molecule has 2 aromatic carbocycles. The summed E-state index contributed by atoms with van der Waals surface area (Å²) < 4.78 is 3.40. The van der Waals surface area contributed by atoms with E-state index in [-0.39, 0.29) is 11.4 Å². The molecule has 0 spiro atoms. The summed E-state index contributed by atoms with van der Waals surface area (Å²) >= 11 is 1.52. The predicted molar refractivity (Wildman–Crippen MR) is 96.4 cm³/mol. The van der Waals surface area contributed by atoms with Gasteiger partial charge in [-0.05, 0) is 43.0 Å². The molecule has 3 rings (SSSR count). The summed E-state index contributed by atoms with van der Waals surface area (Å²) in [4.78, 5) is 12.8. The lowest BCUT2D eigenvalue weighted by atomic mass is 10.2. The summed E-state index contributed by atoms with van der Waals surface area (Å²) in [7, 11) is 0. The van der Waals surface area contributed by atoms with Crippen molar-refractivity contribution < 1.29 is 9.67 Å². The third-order valence-electron chi connectivity index (χ3n) is 3.76. The van der Waals surface area contributed by atoms with Crippen molar-refractivity contribution in [2.75, 3.05) is 5.75 Å². The third kappa shape index (κ3) is 2.83. The molecule has 4 nitrogen and oxygen atoms in total. The minimum atomic E-state index is -0.207. The van der Waals surface area contributed by atoms with E-state index in [2.05, 4.69) is 0 Å². The summed E-state index contributed by atoms with van der Waals surface area (Å²) in [6.45, 7) is 3.67. The summed E-state index contributed by atoms with van der Waals surface area (Å²) in [5, 5.41) is 11.3.